The van der Waals surface area contributed by atoms with Gasteiger partial charge in [-0.3, -0.25) is 14.8 Å². The van der Waals surface area contributed by atoms with E-state index >= 15 is 0 Å². The average molecular weight is 294 g/mol. The Labute approximate surface area is 122 Å². The Hall–Kier alpha value is -1.27. The van der Waals surface area contributed by atoms with E-state index in [2.05, 4.69) is 30.0 Å². The Morgan fingerprint density at radius 3 is 2.75 bits per heavy atom. The zero-order chi connectivity index (χ0) is 14.9. The summed E-state index contributed by atoms with van der Waals surface area (Å²) in [6, 6.07) is 2.06. The Morgan fingerprint density at radius 2 is 2.15 bits per heavy atom. The van der Waals surface area contributed by atoms with Gasteiger partial charge in [0, 0.05) is 17.6 Å². The summed E-state index contributed by atoms with van der Waals surface area (Å²) >= 11 is 0. The van der Waals surface area contributed by atoms with Gasteiger partial charge in [-0.2, -0.15) is 5.10 Å². The van der Waals surface area contributed by atoms with E-state index in [4.69, 9.17) is 5.14 Å². The predicted octanol–water partition coefficient (Wildman–Crippen LogP) is 2.35. The number of fused-ring (bicyclic) bond motifs is 1. The van der Waals surface area contributed by atoms with E-state index in [-0.39, 0.29) is 5.92 Å². The maximum absolute atomic E-state index is 11.5. The number of aryl methyl sites for hydroxylation is 1. The van der Waals surface area contributed by atoms with Crippen LogP contribution in [0.4, 0.5) is 0 Å². The lowest BCUT2D eigenvalue weighted by Crippen LogP contribution is -2.33. The van der Waals surface area contributed by atoms with Crippen LogP contribution in [0.2, 0.25) is 0 Å². The van der Waals surface area contributed by atoms with E-state index < -0.39 is 15.7 Å². The van der Waals surface area contributed by atoms with Crippen molar-refractivity contribution in [3.63, 3.8) is 0 Å². The fraction of sp³-hybridized carbons (Fsp3) is 0.571. The molecule has 0 aliphatic rings. The van der Waals surface area contributed by atoms with Crippen molar-refractivity contribution < 1.29 is 4.21 Å². The molecule has 2 aromatic rings. The lowest BCUT2D eigenvalue weighted by Gasteiger charge is -2.24. The zero-order valence-corrected chi connectivity index (χ0v) is 13.3. The summed E-state index contributed by atoms with van der Waals surface area (Å²) < 4.78 is 13.1. The van der Waals surface area contributed by atoms with E-state index in [0.717, 1.165) is 29.6 Å². The first-order chi connectivity index (χ1) is 9.35. The number of hydrogen-bond donors (Lipinski definition) is 1. The summed E-state index contributed by atoms with van der Waals surface area (Å²) in [5.41, 5.74) is 2.04. The highest BCUT2D eigenvalue weighted by Gasteiger charge is 2.27. The van der Waals surface area contributed by atoms with Crippen molar-refractivity contribution >= 4 is 21.9 Å². The smallest absolute Gasteiger partial charge is 0.0945 e. The van der Waals surface area contributed by atoms with Crippen molar-refractivity contribution in [3.05, 3.63) is 24.2 Å². The van der Waals surface area contributed by atoms with E-state index in [9.17, 15) is 4.21 Å². The molecule has 0 aliphatic carbocycles. The molecular formula is C14H22N4OS. The van der Waals surface area contributed by atoms with Gasteiger partial charge in [-0.15, -0.1) is 0 Å². The Kier molecular flexibility index (Phi) is 4.25. The highest BCUT2D eigenvalue weighted by molar-refractivity contribution is 7.84. The van der Waals surface area contributed by atoms with E-state index in [1.54, 1.807) is 0 Å². The first kappa shape index (κ1) is 15.1. The molecule has 0 fully saturated rings. The summed E-state index contributed by atoms with van der Waals surface area (Å²) in [7, 11) is -1.34. The summed E-state index contributed by atoms with van der Waals surface area (Å²) in [5.74, 6) is 0.201. The topological polar surface area (TPSA) is 73.8 Å². The first-order valence-electron chi connectivity index (χ1n) is 6.83. The molecule has 0 radical (unpaired) electrons. The summed E-state index contributed by atoms with van der Waals surface area (Å²) in [6.45, 7) is 8.83. The minimum absolute atomic E-state index is 0.201. The lowest BCUT2D eigenvalue weighted by molar-refractivity contribution is 0.534. The van der Waals surface area contributed by atoms with Gasteiger partial charge in [0.2, 0.25) is 0 Å². The number of nitrogens with two attached hydrogens (primary N) is 1. The van der Waals surface area contributed by atoms with Gasteiger partial charge in [-0.1, -0.05) is 6.92 Å². The SMILES string of the molecule is CCn1ncc2cc([C@H](C)CC(C)(C)S(N)=O)ncc21. The second-order valence-electron chi connectivity index (χ2n) is 5.79. The number of nitrogens with zero attached hydrogens (tertiary/aromatic N) is 3. The van der Waals surface area contributed by atoms with Crippen LogP contribution in [0.1, 0.15) is 45.7 Å². The van der Waals surface area contributed by atoms with Gasteiger partial charge in [-0.05, 0) is 39.2 Å². The largest absolute Gasteiger partial charge is 0.264 e. The monoisotopic (exact) mass is 294 g/mol. The normalized spacial score (nSPS) is 15.4. The predicted molar refractivity (Wildman–Crippen MR) is 82.6 cm³/mol. The molecular weight excluding hydrogens is 272 g/mol. The second-order valence-corrected chi connectivity index (χ2v) is 7.49. The number of rotatable bonds is 5. The highest BCUT2D eigenvalue weighted by atomic mass is 32.2. The van der Waals surface area contributed by atoms with Gasteiger partial charge in [0.15, 0.2) is 0 Å². The molecule has 2 aromatic heterocycles. The minimum Gasteiger partial charge on any atom is -0.264 e. The molecule has 0 spiro atoms. The fourth-order valence-corrected chi connectivity index (χ4v) is 2.85. The van der Waals surface area contributed by atoms with Gasteiger partial charge in [0.25, 0.3) is 0 Å². The molecule has 2 rings (SSSR count). The van der Waals surface area contributed by atoms with Gasteiger partial charge < -0.3 is 0 Å². The molecule has 0 saturated heterocycles. The van der Waals surface area contributed by atoms with Crippen molar-refractivity contribution in [3.8, 4) is 0 Å². The Morgan fingerprint density at radius 1 is 1.45 bits per heavy atom. The second kappa shape index (κ2) is 5.61. The molecule has 2 atom stereocenters. The van der Waals surface area contributed by atoms with Gasteiger partial charge in [0.05, 0.1) is 33.6 Å². The van der Waals surface area contributed by atoms with Gasteiger partial charge >= 0.3 is 0 Å². The Balaban J connectivity index is 2.27. The molecule has 0 bridgehead atoms. The third-order valence-electron chi connectivity index (χ3n) is 3.70. The number of hydrogen-bond acceptors (Lipinski definition) is 3. The van der Waals surface area contributed by atoms with Crippen LogP contribution in [-0.4, -0.2) is 23.7 Å². The lowest BCUT2D eigenvalue weighted by atomic mass is 9.94. The summed E-state index contributed by atoms with van der Waals surface area (Å²) in [6.07, 6.45) is 4.46. The van der Waals surface area contributed by atoms with Crippen molar-refractivity contribution in [1.82, 2.24) is 14.8 Å². The summed E-state index contributed by atoms with van der Waals surface area (Å²) in [5, 5.41) is 11.0. The third-order valence-corrected chi connectivity index (χ3v) is 4.95. The fourth-order valence-electron chi connectivity index (χ4n) is 2.44. The van der Waals surface area contributed by atoms with Crippen molar-refractivity contribution in [2.75, 3.05) is 0 Å². The molecule has 0 aromatic carbocycles. The highest BCUT2D eigenvalue weighted by Crippen LogP contribution is 2.28. The van der Waals surface area contributed by atoms with Gasteiger partial charge in [-0.25, -0.2) is 4.21 Å². The van der Waals surface area contributed by atoms with Crippen LogP contribution in [-0.2, 0) is 17.5 Å². The van der Waals surface area contributed by atoms with Crippen molar-refractivity contribution in [2.45, 2.75) is 51.3 Å². The molecule has 0 amide bonds. The molecule has 2 heterocycles. The summed E-state index contributed by atoms with van der Waals surface area (Å²) in [4.78, 5) is 4.53. The van der Waals surface area contributed by atoms with Crippen LogP contribution >= 0.6 is 0 Å². The van der Waals surface area contributed by atoms with Crippen LogP contribution in [0.3, 0.4) is 0 Å². The Bertz CT molecular complexity index is 635. The number of aromatic nitrogens is 3. The molecule has 110 valence electrons. The zero-order valence-electron chi connectivity index (χ0n) is 12.5. The van der Waals surface area contributed by atoms with Crippen LogP contribution < -0.4 is 5.14 Å². The van der Waals surface area contributed by atoms with Crippen LogP contribution in [0.15, 0.2) is 18.5 Å². The molecule has 5 nitrogen and oxygen atoms in total. The maximum Gasteiger partial charge on any atom is 0.0945 e. The van der Waals surface area contributed by atoms with E-state index in [1.165, 1.54) is 0 Å². The van der Waals surface area contributed by atoms with E-state index in [0.29, 0.717) is 0 Å². The van der Waals surface area contributed by atoms with Crippen molar-refractivity contribution in [2.24, 2.45) is 5.14 Å². The molecule has 6 heteroatoms. The van der Waals surface area contributed by atoms with E-state index in [1.807, 2.05) is 30.9 Å². The molecule has 1 unspecified atom stereocenters. The van der Waals surface area contributed by atoms with Crippen molar-refractivity contribution in [1.29, 1.82) is 0 Å². The standard InChI is InChI=1S/C14H22N4OS/c1-5-18-13-9-16-12(6-11(13)8-17-18)10(2)7-14(3,4)20(15)19/h6,8-10H,5,7,15H2,1-4H3/t10-,20?/m1/s1. The average Bonchev–Trinajstić information content (AvgIpc) is 2.79. The van der Waals surface area contributed by atoms with Crippen LogP contribution in [0.5, 0.6) is 0 Å². The minimum atomic E-state index is -1.34. The maximum atomic E-state index is 11.5. The molecule has 2 N–H and O–H groups in total. The number of pyridine rings is 1. The first-order valence-corrected chi connectivity index (χ1v) is 8.04. The quantitative estimate of drug-likeness (QED) is 0.920. The molecule has 0 saturated carbocycles. The molecule has 0 aliphatic heterocycles. The molecule has 20 heavy (non-hydrogen) atoms. The van der Waals surface area contributed by atoms with Gasteiger partial charge in [0.1, 0.15) is 0 Å². The van der Waals surface area contributed by atoms with Crippen LogP contribution in [0, 0.1) is 0 Å². The third kappa shape index (κ3) is 2.91. The van der Waals surface area contributed by atoms with Crippen LogP contribution in [0.25, 0.3) is 10.9 Å².